The lowest BCUT2D eigenvalue weighted by Gasteiger charge is -2.02. The first kappa shape index (κ1) is 12.9. The van der Waals surface area contributed by atoms with Crippen LogP contribution in [0, 0.1) is 5.82 Å². The molecule has 2 heterocycles. The third-order valence-electron chi connectivity index (χ3n) is 2.81. The fraction of sp³-hybridized carbons (Fsp3) is 0.154. The maximum absolute atomic E-state index is 12.9. The molecule has 7 heteroatoms. The summed E-state index contributed by atoms with van der Waals surface area (Å²) in [7, 11) is 0. The van der Waals surface area contributed by atoms with E-state index in [4.69, 9.17) is 0 Å². The van der Waals surface area contributed by atoms with Gasteiger partial charge in [-0.2, -0.15) is 5.10 Å². The number of halogens is 1. The zero-order valence-corrected chi connectivity index (χ0v) is 11.4. The lowest BCUT2D eigenvalue weighted by Crippen LogP contribution is -2.09. The Morgan fingerprint density at radius 3 is 2.80 bits per heavy atom. The van der Waals surface area contributed by atoms with E-state index in [9.17, 15) is 9.18 Å². The minimum Gasteiger partial charge on any atom is -0.300 e. The third kappa shape index (κ3) is 2.32. The van der Waals surface area contributed by atoms with Crippen LogP contribution in [0.15, 0.2) is 45.3 Å². The molecule has 1 N–H and O–H groups in total. The van der Waals surface area contributed by atoms with Crippen LogP contribution in [0.5, 0.6) is 0 Å². The Kier molecular flexibility index (Phi) is 3.27. The van der Waals surface area contributed by atoms with Gasteiger partial charge < -0.3 is 4.98 Å². The molecular weight excluding hydrogens is 279 g/mol. The maximum atomic E-state index is 12.9. The van der Waals surface area contributed by atoms with Crippen LogP contribution in [-0.4, -0.2) is 19.7 Å². The first-order valence-corrected chi connectivity index (χ1v) is 6.88. The summed E-state index contributed by atoms with van der Waals surface area (Å²) in [6.07, 6.45) is 1.51. The fourth-order valence-corrected chi connectivity index (χ4v) is 2.61. The van der Waals surface area contributed by atoms with Gasteiger partial charge in [0.1, 0.15) is 11.2 Å². The number of aryl methyl sites for hydroxylation is 1. The molecule has 0 aliphatic carbocycles. The predicted octanol–water partition coefficient (Wildman–Crippen LogP) is 2.43. The molecule has 0 fully saturated rings. The standard InChI is InChI=1S/C13H11FN4OS/c1-2-18-11-10(7-15-18)12(19)17-13(16-11)20-9-5-3-8(14)4-6-9/h3-7H,2H2,1H3,(H,16,17,19). The van der Waals surface area contributed by atoms with Gasteiger partial charge in [-0.1, -0.05) is 11.8 Å². The number of aromatic nitrogens is 4. The first-order valence-electron chi connectivity index (χ1n) is 6.06. The molecule has 0 aliphatic heterocycles. The highest BCUT2D eigenvalue weighted by Crippen LogP contribution is 2.24. The molecule has 1 aromatic carbocycles. The van der Waals surface area contributed by atoms with Crippen molar-refractivity contribution >= 4 is 22.8 Å². The van der Waals surface area contributed by atoms with E-state index in [1.54, 1.807) is 16.8 Å². The second-order valence-corrected chi connectivity index (χ2v) is 5.19. The summed E-state index contributed by atoms with van der Waals surface area (Å²) in [5.74, 6) is -0.296. The van der Waals surface area contributed by atoms with E-state index in [-0.39, 0.29) is 11.4 Å². The largest absolute Gasteiger partial charge is 0.300 e. The Hall–Kier alpha value is -2.15. The highest BCUT2D eigenvalue weighted by molar-refractivity contribution is 7.99. The van der Waals surface area contributed by atoms with Gasteiger partial charge in [0.25, 0.3) is 5.56 Å². The molecule has 0 unspecified atom stereocenters. The van der Waals surface area contributed by atoms with E-state index in [1.165, 1.54) is 30.1 Å². The number of hydrogen-bond acceptors (Lipinski definition) is 4. The second-order valence-electron chi connectivity index (χ2n) is 4.12. The summed E-state index contributed by atoms with van der Waals surface area (Å²) in [6.45, 7) is 2.57. The van der Waals surface area contributed by atoms with E-state index in [1.807, 2.05) is 6.92 Å². The molecule has 0 bridgehead atoms. The zero-order chi connectivity index (χ0) is 14.1. The van der Waals surface area contributed by atoms with Gasteiger partial charge in [0.2, 0.25) is 0 Å². The first-order chi connectivity index (χ1) is 9.67. The zero-order valence-electron chi connectivity index (χ0n) is 10.6. The average molecular weight is 290 g/mol. The van der Waals surface area contributed by atoms with Crippen LogP contribution in [-0.2, 0) is 6.54 Å². The second kappa shape index (κ2) is 5.09. The molecule has 3 rings (SSSR count). The predicted molar refractivity (Wildman–Crippen MR) is 74.3 cm³/mol. The monoisotopic (exact) mass is 290 g/mol. The van der Waals surface area contributed by atoms with Crippen molar-refractivity contribution in [2.45, 2.75) is 23.5 Å². The molecule has 0 amide bonds. The van der Waals surface area contributed by atoms with Gasteiger partial charge in [0.15, 0.2) is 10.8 Å². The average Bonchev–Trinajstić information content (AvgIpc) is 2.85. The van der Waals surface area contributed by atoms with Crippen molar-refractivity contribution in [3.05, 3.63) is 46.6 Å². The summed E-state index contributed by atoms with van der Waals surface area (Å²) in [5, 5.41) is 5.04. The maximum Gasteiger partial charge on any atom is 0.262 e. The molecule has 0 spiro atoms. The minimum atomic E-state index is -0.296. The SMILES string of the molecule is CCn1ncc2c(=O)[nH]c(Sc3ccc(F)cc3)nc21. The number of rotatable bonds is 3. The normalized spacial score (nSPS) is 11.1. The van der Waals surface area contributed by atoms with Crippen LogP contribution in [0.2, 0.25) is 0 Å². The molecule has 0 radical (unpaired) electrons. The van der Waals surface area contributed by atoms with Crippen molar-refractivity contribution in [2.75, 3.05) is 0 Å². The summed E-state index contributed by atoms with van der Waals surface area (Å²) in [4.78, 5) is 19.9. The summed E-state index contributed by atoms with van der Waals surface area (Å²) < 4.78 is 14.5. The molecule has 0 aliphatic rings. The van der Waals surface area contributed by atoms with Crippen molar-refractivity contribution in [3.8, 4) is 0 Å². The molecule has 2 aromatic heterocycles. The van der Waals surface area contributed by atoms with E-state index >= 15 is 0 Å². The number of benzene rings is 1. The molecule has 0 atom stereocenters. The van der Waals surface area contributed by atoms with Crippen LogP contribution in [0.1, 0.15) is 6.92 Å². The molecule has 0 saturated carbocycles. The van der Waals surface area contributed by atoms with Gasteiger partial charge in [0, 0.05) is 11.4 Å². The van der Waals surface area contributed by atoms with Crippen LogP contribution < -0.4 is 5.56 Å². The van der Waals surface area contributed by atoms with Crippen molar-refractivity contribution in [3.63, 3.8) is 0 Å². The van der Waals surface area contributed by atoms with Gasteiger partial charge in [-0.25, -0.2) is 14.1 Å². The van der Waals surface area contributed by atoms with E-state index < -0.39 is 0 Å². The molecule has 5 nitrogen and oxygen atoms in total. The van der Waals surface area contributed by atoms with Crippen LogP contribution in [0.3, 0.4) is 0 Å². The number of H-pyrrole nitrogens is 1. The Morgan fingerprint density at radius 1 is 1.35 bits per heavy atom. The molecule has 3 aromatic rings. The van der Waals surface area contributed by atoms with Crippen molar-refractivity contribution < 1.29 is 4.39 Å². The van der Waals surface area contributed by atoms with Gasteiger partial charge in [-0.3, -0.25) is 4.79 Å². The van der Waals surface area contributed by atoms with Crippen molar-refractivity contribution in [1.82, 2.24) is 19.7 Å². The third-order valence-corrected chi connectivity index (χ3v) is 3.71. The lowest BCUT2D eigenvalue weighted by atomic mass is 10.4. The van der Waals surface area contributed by atoms with Crippen molar-refractivity contribution in [2.24, 2.45) is 0 Å². The Bertz CT molecular complexity index is 809. The lowest BCUT2D eigenvalue weighted by molar-refractivity contribution is 0.626. The van der Waals surface area contributed by atoms with E-state index in [2.05, 4.69) is 15.1 Å². The highest BCUT2D eigenvalue weighted by atomic mass is 32.2. The van der Waals surface area contributed by atoms with Crippen LogP contribution >= 0.6 is 11.8 Å². The summed E-state index contributed by atoms with van der Waals surface area (Å²) in [6, 6.07) is 6.02. The van der Waals surface area contributed by atoms with Crippen LogP contribution in [0.25, 0.3) is 11.0 Å². The number of nitrogens with zero attached hydrogens (tertiary/aromatic N) is 3. The fourth-order valence-electron chi connectivity index (χ4n) is 1.84. The molecule has 20 heavy (non-hydrogen) atoms. The topological polar surface area (TPSA) is 63.6 Å². The minimum absolute atomic E-state index is 0.223. The molecular formula is C13H11FN4OS. The number of aromatic amines is 1. The summed E-state index contributed by atoms with van der Waals surface area (Å²) in [5.41, 5.74) is 0.333. The summed E-state index contributed by atoms with van der Waals surface area (Å²) >= 11 is 1.27. The smallest absolute Gasteiger partial charge is 0.262 e. The van der Waals surface area contributed by atoms with Gasteiger partial charge in [-0.15, -0.1) is 0 Å². The van der Waals surface area contributed by atoms with E-state index in [0.717, 1.165) is 4.90 Å². The van der Waals surface area contributed by atoms with Gasteiger partial charge in [-0.05, 0) is 31.2 Å². The quantitative estimate of drug-likeness (QED) is 0.752. The number of fused-ring (bicyclic) bond motifs is 1. The van der Waals surface area contributed by atoms with Crippen LogP contribution in [0.4, 0.5) is 4.39 Å². The number of hydrogen-bond donors (Lipinski definition) is 1. The number of nitrogens with one attached hydrogen (secondary N) is 1. The highest BCUT2D eigenvalue weighted by Gasteiger charge is 2.10. The Labute approximate surface area is 117 Å². The van der Waals surface area contributed by atoms with E-state index in [0.29, 0.717) is 22.7 Å². The molecule has 0 saturated heterocycles. The van der Waals surface area contributed by atoms with Gasteiger partial charge >= 0.3 is 0 Å². The van der Waals surface area contributed by atoms with Gasteiger partial charge in [0.05, 0.1) is 6.20 Å². The Balaban J connectivity index is 2.03. The Morgan fingerprint density at radius 2 is 2.10 bits per heavy atom. The van der Waals surface area contributed by atoms with Crippen molar-refractivity contribution in [1.29, 1.82) is 0 Å². The molecule has 102 valence electrons.